The lowest BCUT2D eigenvalue weighted by Gasteiger charge is -2.03. The first kappa shape index (κ1) is 10.6. The molecule has 1 heterocycles. The molecule has 5 heteroatoms. The van der Waals surface area contributed by atoms with E-state index < -0.39 is 0 Å². The number of rotatable bonds is 3. The maximum atomic E-state index is 10.5. The molecule has 0 bridgehead atoms. The molecule has 2 rings (SSSR count). The van der Waals surface area contributed by atoms with Crippen LogP contribution in [-0.4, -0.2) is 23.5 Å². The topological polar surface area (TPSA) is 59.4 Å². The molecular weight excluding hydrogens is 226 g/mol. The maximum absolute atomic E-state index is 10.5. The van der Waals surface area contributed by atoms with Crippen LogP contribution in [-0.2, 0) is 0 Å². The van der Waals surface area contributed by atoms with Gasteiger partial charge in [-0.3, -0.25) is 4.79 Å². The SMILES string of the molecule is COc1ccc(-c2ncc(C=O)s2)cc1O. The molecule has 0 saturated carbocycles. The molecule has 0 aliphatic rings. The zero-order chi connectivity index (χ0) is 11.5. The minimum absolute atomic E-state index is 0.0582. The lowest BCUT2D eigenvalue weighted by molar-refractivity contribution is 0.112. The van der Waals surface area contributed by atoms with Gasteiger partial charge >= 0.3 is 0 Å². The Morgan fingerprint density at radius 1 is 1.50 bits per heavy atom. The highest BCUT2D eigenvalue weighted by molar-refractivity contribution is 7.16. The molecule has 82 valence electrons. The number of phenolic OH excluding ortho intramolecular Hbond substituents is 1. The Morgan fingerprint density at radius 2 is 2.31 bits per heavy atom. The number of aromatic nitrogens is 1. The molecule has 2 aromatic rings. The molecule has 0 atom stereocenters. The predicted molar refractivity (Wildman–Crippen MR) is 61.2 cm³/mol. The van der Waals surface area contributed by atoms with Crippen LogP contribution in [0.25, 0.3) is 10.6 Å². The van der Waals surface area contributed by atoms with E-state index in [-0.39, 0.29) is 5.75 Å². The van der Waals surface area contributed by atoms with Crippen molar-refractivity contribution in [3.63, 3.8) is 0 Å². The third kappa shape index (κ3) is 1.90. The Balaban J connectivity index is 2.40. The second-order valence-electron chi connectivity index (χ2n) is 3.07. The summed E-state index contributed by atoms with van der Waals surface area (Å²) in [7, 11) is 1.49. The molecule has 0 spiro atoms. The summed E-state index contributed by atoms with van der Waals surface area (Å²) in [6, 6.07) is 5.00. The molecule has 1 N–H and O–H groups in total. The van der Waals surface area contributed by atoms with Gasteiger partial charge in [-0.1, -0.05) is 0 Å². The molecule has 0 saturated heterocycles. The number of benzene rings is 1. The van der Waals surface area contributed by atoms with Crippen LogP contribution in [0.5, 0.6) is 11.5 Å². The van der Waals surface area contributed by atoms with Gasteiger partial charge in [0.25, 0.3) is 0 Å². The van der Waals surface area contributed by atoms with Crippen molar-refractivity contribution in [2.45, 2.75) is 0 Å². The number of thiazole rings is 1. The molecule has 0 amide bonds. The standard InChI is InChI=1S/C11H9NO3S/c1-15-10-3-2-7(4-9(10)14)11-12-5-8(6-13)16-11/h2-6,14H,1H3. The van der Waals surface area contributed by atoms with E-state index in [9.17, 15) is 9.90 Å². The highest BCUT2D eigenvalue weighted by Gasteiger charge is 2.07. The largest absolute Gasteiger partial charge is 0.504 e. The number of carbonyl (C=O) groups is 1. The normalized spacial score (nSPS) is 10.1. The lowest BCUT2D eigenvalue weighted by atomic mass is 10.2. The fourth-order valence-corrected chi connectivity index (χ4v) is 2.02. The van der Waals surface area contributed by atoms with E-state index in [1.165, 1.54) is 24.6 Å². The summed E-state index contributed by atoms with van der Waals surface area (Å²) in [5.41, 5.74) is 0.761. The van der Waals surface area contributed by atoms with Gasteiger partial charge in [0.2, 0.25) is 0 Å². The minimum Gasteiger partial charge on any atom is -0.504 e. The van der Waals surface area contributed by atoms with Crippen molar-refractivity contribution < 1.29 is 14.6 Å². The third-order valence-corrected chi connectivity index (χ3v) is 3.04. The number of aldehydes is 1. The first-order chi connectivity index (χ1) is 7.74. The number of phenols is 1. The van der Waals surface area contributed by atoms with E-state index in [4.69, 9.17) is 4.74 Å². The first-order valence-electron chi connectivity index (χ1n) is 4.53. The van der Waals surface area contributed by atoms with Crippen LogP contribution >= 0.6 is 11.3 Å². The number of hydrogen-bond acceptors (Lipinski definition) is 5. The first-order valence-corrected chi connectivity index (χ1v) is 5.34. The monoisotopic (exact) mass is 235 g/mol. The summed E-state index contributed by atoms with van der Waals surface area (Å²) in [4.78, 5) is 15.2. The summed E-state index contributed by atoms with van der Waals surface area (Å²) >= 11 is 1.28. The molecule has 0 fully saturated rings. The minimum atomic E-state index is 0.0582. The zero-order valence-corrected chi connectivity index (χ0v) is 9.32. The number of carbonyl (C=O) groups excluding carboxylic acids is 1. The third-order valence-electron chi connectivity index (χ3n) is 2.07. The zero-order valence-electron chi connectivity index (χ0n) is 8.51. The number of ether oxygens (including phenoxy) is 1. The Kier molecular flexibility index (Phi) is 2.87. The summed E-state index contributed by atoms with van der Waals surface area (Å²) in [6.07, 6.45) is 2.26. The number of methoxy groups -OCH3 is 1. The maximum Gasteiger partial charge on any atom is 0.161 e. The van der Waals surface area contributed by atoms with Crippen LogP contribution in [0.4, 0.5) is 0 Å². The van der Waals surface area contributed by atoms with Crippen molar-refractivity contribution in [3.05, 3.63) is 29.3 Å². The van der Waals surface area contributed by atoms with E-state index in [2.05, 4.69) is 4.98 Å². The van der Waals surface area contributed by atoms with Crippen LogP contribution in [0, 0.1) is 0 Å². The second-order valence-corrected chi connectivity index (χ2v) is 4.13. The molecule has 1 aromatic carbocycles. The van der Waals surface area contributed by atoms with Crippen molar-refractivity contribution >= 4 is 17.6 Å². The Morgan fingerprint density at radius 3 is 2.88 bits per heavy atom. The molecule has 0 aliphatic carbocycles. The highest BCUT2D eigenvalue weighted by Crippen LogP contribution is 2.32. The van der Waals surface area contributed by atoms with Gasteiger partial charge in [0, 0.05) is 11.8 Å². The van der Waals surface area contributed by atoms with Gasteiger partial charge in [-0.15, -0.1) is 11.3 Å². The Labute approximate surface area is 96.1 Å². The van der Waals surface area contributed by atoms with Crippen LogP contribution in [0.15, 0.2) is 24.4 Å². The van der Waals surface area contributed by atoms with Gasteiger partial charge in [0.1, 0.15) is 5.01 Å². The Hall–Kier alpha value is -1.88. The van der Waals surface area contributed by atoms with Crippen molar-refractivity contribution in [1.82, 2.24) is 4.98 Å². The number of aromatic hydroxyl groups is 1. The highest BCUT2D eigenvalue weighted by atomic mass is 32.1. The van der Waals surface area contributed by atoms with Gasteiger partial charge in [0.05, 0.1) is 12.0 Å². The number of hydrogen-bond donors (Lipinski definition) is 1. The van der Waals surface area contributed by atoms with Crippen molar-refractivity contribution in [2.24, 2.45) is 0 Å². The van der Waals surface area contributed by atoms with Gasteiger partial charge in [-0.05, 0) is 18.2 Å². The Bertz CT molecular complexity index is 522. The van der Waals surface area contributed by atoms with Crippen molar-refractivity contribution in [1.29, 1.82) is 0 Å². The molecule has 0 unspecified atom stereocenters. The molecule has 0 radical (unpaired) electrons. The van der Waals surface area contributed by atoms with Gasteiger partial charge in [-0.25, -0.2) is 4.98 Å². The van der Waals surface area contributed by atoms with Crippen molar-refractivity contribution in [2.75, 3.05) is 7.11 Å². The smallest absolute Gasteiger partial charge is 0.161 e. The van der Waals surface area contributed by atoms with Gasteiger partial charge < -0.3 is 9.84 Å². The molecule has 4 nitrogen and oxygen atoms in total. The van der Waals surface area contributed by atoms with Gasteiger partial charge in [-0.2, -0.15) is 0 Å². The fourth-order valence-electron chi connectivity index (χ4n) is 1.30. The van der Waals surface area contributed by atoms with E-state index >= 15 is 0 Å². The van der Waals surface area contributed by atoms with Crippen LogP contribution in [0.3, 0.4) is 0 Å². The number of nitrogens with zero attached hydrogens (tertiary/aromatic N) is 1. The summed E-state index contributed by atoms with van der Waals surface area (Å²) in [5.74, 6) is 0.471. The fraction of sp³-hybridized carbons (Fsp3) is 0.0909. The lowest BCUT2D eigenvalue weighted by Crippen LogP contribution is -1.83. The average molecular weight is 235 g/mol. The quantitative estimate of drug-likeness (QED) is 0.829. The van der Waals surface area contributed by atoms with Crippen molar-refractivity contribution in [3.8, 4) is 22.1 Å². The van der Waals surface area contributed by atoms with E-state index in [1.807, 2.05) is 0 Å². The summed E-state index contributed by atoms with van der Waals surface area (Å²) < 4.78 is 4.94. The van der Waals surface area contributed by atoms with Crippen LogP contribution < -0.4 is 4.74 Å². The second kappa shape index (κ2) is 4.32. The summed E-state index contributed by atoms with van der Waals surface area (Å²) in [6.45, 7) is 0. The average Bonchev–Trinajstić information content (AvgIpc) is 2.77. The summed E-state index contributed by atoms with van der Waals surface area (Å²) in [5, 5.41) is 10.3. The predicted octanol–water partition coefficient (Wildman–Crippen LogP) is 2.34. The van der Waals surface area contributed by atoms with E-state index in [1.54, 1.807) is 18.2 Å². The molecule has 0 aliphatic heterocycles. The van der Waals surface area contributed by atoms with E-state index in [0.29, 0.717) is 15.6 Å². The van der Waals surface area contributed by atoms with Crippen LogP contribution in [0.2, 0.25) is 0 Å². The molecule has 1 aromatic heterocycles. The van der Waals surface area contributed by atoms with Gasteiger partial charge in [0.15, 0.2) is 17.8 Å². The molecular formula is C11H9NO3S. The van der Waals surface area contributed by atoms with E-state index in [0.717, 1.165) is 11.8 Å². The van der Waals surface area contributed by atoms with Crippen LogP contribution in [0.1, 0.15) is 9.67 Å². The molecule has 16 heavy (non-hydrogen) atoms.